The second-order valence-electron chi connectivity index (χ2n) is 6.56. The van der Waals surface area contributed by atoms with E-state index in [1.165, 1.54) is 30.2 Å². The highest BCUT2D eigenvalue weighted by molar-refractivity contribution is 5.82. The third-order valence-electron chi connectivity index (χ3n) is 4.87. The molecule has 1 aliphatic carbocycles. The lowest BCUT2D eigenvalue weighted by molar-refractivity contribution is 0.150. The Labute approximate surface area is 121 Å². The Morgan fingerprint density at radius 1 is 1.30 bits per heavy atom. The molecule has 1 N–H and O–H groups in total. The Balaban J connectivity index is 1.81. The van der Waals surface area contributed by atoms with E-state index in [1.807, 2.05) is 6.07 Å². The van der Waals surface area contributed by atoms with Crippen LogP contribution in [0.4, 0.5) is 0 Å². The van der Waals surface area contributed by atoms with Crippen molar-refractivity contribution in [1.82, 2.24) is 5.32 Å². The van der Waals surface area contributed by atoms with Crippen molar-refractivity contribution in [1.29, 1.82) is 0 Å². The van der Waals surface area contributed by atoms with Crippen molar-refractivity contribution in [3.05, 3.63) is 35.6 Å². The molecule has 1 unspecified atom stereocenters. The van der Waals surface area contributed by atoms with E-state index in [-0.39, 0.29) is 6.04 Å². The van der Waals surface area contributed by atoms with Crippen LogP contribution in [-0.2, 0) is 6.42 Å². The summed E-state index contributed by atoms with van der Waals surface area (Å²) in [4.78, 5) is 0. The first-order chi connectivity index (χ1) is 9.63. The van der Waals surface area contributed by atoms with E-state index < -0.39 is 0 Å². The summed E-state index contributed by atoms with van der Waals surface area (Å²) in [5.41, 5.74) is 2.88. The molecule has 0 bridgehead atoms. The molecule has 0 amide bonds. The molecule has 0 aliphatic heterocycles. The zero-order valence-electron chi connectivity index (χ0n) is 12.8. The number of hydrogen-bond acceptors (Lipinski definition) is 2. The largest absolute Gasteiger partial charge is 0.459 e. The van der Waals surface area contributed by atoms with Gasteiger partial charge in [-0.2, -0.15) is 0 Å². The van der Waals surface area contributed by atoms with Crippen LogP contribution in [0.2, 0.25) is 0 Å². The standard InChI is InChI=1S/C18H25NO/c1-4-14-15-8-5-6-9-16(15)20-17(14)13(2)19-12-18(3)10-7-11-18/h5-6,8-9,13,19H,4,7,10-12H2,1-3H3. The molecule has 1 saturated carbocycles. The molecule has 0 saturated heterocycles. The Kier molecular flexibility index (Phi) is 3.59. The number of hydrogen-bond donors (Lipinski definition) is 1. The summed E-state index contributed by atoms with van der Waals surface area (Å²) in [5.74, 6) is 1.12. The lowest BCUT2D eigenvalue weighted by Gasteiger charge is -2.39. The smallest absolute Gasteiger partial charge is 0.134 e. The van der Waals surface area contributed by atoms with Crippen LogP contribution < -0.4 is 5.32 Å². The van der Waals surface area contributed by atoms with Crippen LogP contribution in [0.15, 0.2) is 28.7 Å². The van der Waals surface area contributed by atoms with E-state index in [2.05, 4.69) is 44.3 Å². The summed E-state index contributed by atoms with van der Waals surface area (Å²) < 4.78 is 6.11. The summed E-state index contributed by atoms with van der Waals surface area (Å²) in [5, 5.41) is 4.96. The monoisotopic (exact) mass is 271 g/mol. The van der Waals surface area contributed by atoms with Gasteiger partial charge >= 0.3 is 0 Å². The molecule has 1 fully saturated rings. The van der Waals surface area contributed by atoms with E-state index in [1.54, 1.807) is 0 Å². The average Bonchev–Trinajstić information content (AvgIpc) is 2.81. The summed E-state index contributed by atoms with van der Waals surface area (Å²) in [6.07, 6.45) is 5.12. The number of para-hydroxylation sites is 1. The molecule has 2 aromatic rings. The molecular formula is C18H25NO. The molecule has 1 aliphatic rings. The fourth-order valence-electron chi connectivity index (χ4n) is 3.28. The minimum absolute atomic E-state index is 0.287. The van der Waals surface area contributed by atoms with Gasteiger partial charge in [-0.3, -0.25) is 0 Å². The topological polar surface area (TPSA) is 25.2 Å². The maximum Gasteiger partial charge on any atom is 0.134 e. The molecule has 2 nitrogen and oxygen atoms in total. The highest BCUT2D eigenvalue weighted by atomic mass is 16.3. The van der Waals surface area contributed by atoms with Crippen molar-refractivity contribution in [2.75, 3.05) is 6.54 Å². The normalized spacial score (nSPS) is 18.9. The van der Waals surface area contributed by atoms with Crippen LogP contribution in [0.25, 0.3) is 11.0 Å². The molecule has 2 heteroatoms. The molecule has 108 valence electrons. The summed E-state index contributed by atoms with van der Waals surface area (Å²) in [6.45, 7) is 7.91. The predicted octanol–water partition coefficient (Wildman–Crippen LogP) is 4.84. The number of benzene rings is 1. The highest BCUT2D eigenvalue weighted by Gasteiger charge is 2.32. The van der Waals surface area contributed by atoms with Gasteiger partial charge in [-0.25, -0.2) is 0 Å². The van der Waals surface area contributed by atoms with Gasteiger partial charge in [0.05, 0.1) is 6.04 Å². The van der Waals surface area contributed by atoms with Crippen molar-refractivity contribution in [3.63, 3.8) is 0 Å². The fourth-order valence-corrected chi connectivity index (χ4v) is 3.28. The number of aryl methyl sites for hydroxylation is 1. The Hall–Kier alpha value is -1.28. The van der Waals surface area contributed by atoms with Gasteiger partial charge < -0.3 is 9.73 Å². The number of furan rings is 1. The zero-order valence-corrected chi connectivity index (χ0v) is 12.8. The van der Waals surface area contributed by atoms with E-state index >= 15 is 0 Å². The third kappa shape index (κ3) is 2.37. The molecular weight excluding hydrogens is 246 g/mol. The Bertz CT molecular complexity index is 594. The van der Waals surface area contributed by atoms with Gasteiger partial charge in [0.1, 0.15) is 11.3 Å². The van der Waals surface area contributed by atoms with Crippen LogP contribution in [0, 0.1) is 5.41 Å². The van der Waals surface area contributed by atoms with E-state index in [0.29, 0.717) is 5.41 Å². The van der Waals surface area contributed by atoms with Crippen molar-refractivity contribution in [2.45, 2.75) is 52.5 Å². The fraction of sp³-hybridized carbons (Fsp3) is 0.556. The quantitative estimate of drug-likeness (QED) is 0.842. The first-order valence-electron chi connectivity index (χ1n) is 7.87. The molecule has 0 spiro atoms. The predicted molar refractivity (Wildman–Crippen MR) is 84.0 cm³/mol. The van der Waals surface area contributed by atoms with Gasteiger partial charge in [-0.05, 0) is 37.7 Å². The lowest BCUT2D eigenvalue weighted by atomic mass is 9.70. The van der Waals surface area contributed by atoms with Crippen molar-refractivity contribution >= 4 is 11.0 Å². The highest BCUT2D eigenvalue weighted by Crippen LogP contribution is 2.40. The second-order valence-corrected chi connectivity index (χ2v) is 6.56. The van der Waals surface area contributed by atoms with E-state index in [9.17, 15) is 0 Å². The molecule has 1 aromatic carbocycles. The van der Waals surface area contributed by atoms with Crippen LogP contribution in [0.5, 0.6) is 0 Å². The van der Waals surface area contributed by atoms with Crippen LogP contribution in [0.3, 0.4) is 0 Å². The zero-order chi connectivity index (χ0) is 14.2. The first-order valence-corrected chi connectivity index (χ1v) is 7.87. The van der Waals surface area contributed by atoms with Gasteiger partial charge in [0, 0.05) is 17.5 Å². The minimum atomic E-state index is 0.287. The van der Waals surface area contributed by atoms with Crippen LogP contribution >= 0.6 is 0 Å². The van der Waals surface area contributed by atoms with Crippen molar-refractivity contribution in [3.8, 4) is 0 Å². The maximum absolute atomic E-state index is 6.11. The molecule has 1 heterocycles. The summed E-state index contributed by atoms with van der Waals surface area (Å²) >= 11 is 0. The number of rotatable bonds is 5. The van der Waals surface area contributed by atoms with Gasteiger partial charge in [-0.1, -0.05) is 38.5 Å². The summed E-state index contributed by atoms with van der Waals surface area (Å²) in [7, 11) is 0. The van der Waals surface area contributed by atoms with Crippen molar-refractivity contribution in [2.24, 2.45) is 5.41 Å². The van der Waals surface area contributed by atoms with E-state index in [4.69, 9.17) is 4.42 Å². The van der Waals surface area contributed by atoms with Crippen molar-refractivity contribution < 1.29 is 4.42 Å². The molecule has 0 radical (unpaired) electrons. The average molecular weight is 271 g/mol. The van der Waals surface area contributed by atoms with Crippen LogP contribution in [0.1, 0.15) is 57.4 Å². The summed E-state index contributed by atoms with van der Waals surface area (Å²) in [6, 6.07) is 8.66. The Morgan fingerprint density at radius 2 is 2.05 bits per heavy atom. The lowest BCUT2D eigenvalue weighted by Crippen LogP contribution is -2.38. The number of nitrogens with one attached hydrogen (secondary N) is 1. The molecule has 20 heavy (non-hydrogen) atoms. The third-order valence-corrected chi connectivity index (χ3v) is 4.87. The second kappa shape index (κ2) is 5.25. The molecule has 1 atom stereocenters. The van der Waals surface area contributed by atoms with Gasteiger partial charge in [0.15, 0.2) is 0 Å². The minimum Gasteiger partial charge on any atom is -0.459 e. The maximum atomic E-state index is 6.11. The van der Waals surface area contributed by atoms with Crippen LogP contribution in [-0.4, -0.2) is 6.54 Å². The Morgan fingerprint density at radius 3 is 2.70 bits per heavy atom. The first kappa shape index (κ1) is 13.7. The number of fused-ring (bicyclic) bond motifs is 1. The molecule has 1 aromatic heterocycles. The van der Waals surface area contributed by atoms with Gasteiger partial charge in [0.2, 0.25) is 0 Å². The van der Waals surface area contributed by atoms with Gasteiger partial charge in [0.25, 0.3) is 0 Å². The SMILES string of the molecule is CCc1c(C(C)NCC2(C)CCC2)oc2ccccc12. The van der Waals surface area contributed by atoms with Gasteiger partial charge in [-0.15, -0.1) is 0 Å². The van der Waals surface area contributed by atoms with E-state index in [0.717, 1.165) is 24.3 Å². The molecule has 3 rings (SSSR count).